The summed E-state index contributed by atoms with van der Waals surface area (Å²) < 4.78 is 30.2. The molecule has 1 aliphatic rings. The first-order chi connectivity index (χ1) is 15.9. The van der Waals surface area contributed by atoms with E-state index in [1.165, 1.54) is 29.5 Å². The van der Waals surface area contributed by atoms with Gasteiger partial charge in [0.2, 0.25) is 12.7 Å². The van der Waals surface area contributed by atoms with Crippen LogP contribution in [0.25, 0.3) is 11.2 Å². The van der Waals surface area contributed by atoms with Crippen LogP contribution >= 0.6 is 26.6 Å². The molecule has 1 aliphatic heterocycles. The predicted molar refractivity (Wildman–Crippen MR) is 118 cm³/mol. The van der Waals surface area contributed by atoms with Gasteiger partial charge >= 0.3 is 7.60 Å². The van der Waals surface area contributed by atoms with E-state index < -0.39 is 51.6 Å². The van der Waals surface area contributed by atoms with Crippen LogP contribution < -0.4 is 5.32 Å². The van der Waals surface area contributed by atoms with Crippen LogP contribution in [0.5, 0.6) is 0 Å². The number of hydrogen-bond donors (Lipinski definition) is 6. The first-order valence-corrected chi connectivity index (χ1v) is 13.9. The third kappa shape index (κ3) is 5.60. The molecule has 3 aromatic heterocycles. The van der Waals surface area contributed by atoms with Crippen LogP contribution in [0.1, 0.15) is 12.6 Å². The average molecular weight is 536 g/mol. The number of nitrogens with one attached hydrogen (secondary N) is 1. The molecule has 0 saturated carbocycles. The van der Waals surface area contributed by atoms with Crippen LogP contribution in [0.2, 0.25) is 5.28 Å². The lowest BCUT2D eigenvalue weighted by Crippen LogP contribution is -2.32. The van der Waals surface area contributed by atoms with Gasteiger partial charge in [-0.05, 0) is 18.0 Å². The average Bonchev–Trinajstić information content (AvgIpc) is 3.27. The molecule has 184 valence electrons. The monoisotopic (exact) mass is 535 g/mol. The summed E-state index contributed by atoms with van der Waals surface area (Å²) in [4.78, 5) is 48.2. The smallest absolute Gasteiger partial charge is 0.335 e. The molecule has 34 heavy (non-hydrogen) atoms. The molecule has 0 aliphatic carbocycles. The molecule has 5 unspecified atom stereocenters. The Morgan fingerprint density at radius 1 is 1.12 bits per heavy atom. The zero-order chi connectivity index (χ0) is 24.7. The first kappa shape index (κ1) is 25.0. The highest BCUT2D eigenvalue weighted by Crippen LogP contribution is 2.55. The summed E-state index contributed by atoms with van der Waals surface area (Å²) in [5.74, 6) is -0.611. The Labute approximate surface area is 196 Å². The number of aromatic nitrogens is 6. The van der Waals surface area contributed by atoms with E-state index in [2.05, 4.69) is 30.2 Å². The number of aliphatic hydroxyl groups is 2. The number of halogens is 1. The maximum atomic E-state index is 12.1. The number of hydrogen-bond acceptors (Lipinski definition) is 11. The molecule has 5 atom stereocenters. The summed E-state index contributed by atoms with van der Waals surface area (Å²) in [6.07, 6.45) is -0.236. The van der Waals surface area contributed by atoms with Gasteiger partial charge in [0, 0.05) is 18.6 Å². The van der Waals surface area contributed by atoms with E-state index in [9.17, 15) is 24.2 Å². The zero-order valence-electron chi connectivity index (χ0n) is 17.2. The van der Waals surface area contributed by atoms with Gasteiger partial charge in [0.15, 0.2) is 23.2 Å². The molecule has 0 radical (unpaired) electrons. The van der Waals surface area contributed by atoms with Gasteiger partial charge in [-0.25, -0.2) is 9.97 Å². The van der Waals surface area contributed by atoms with Gasteiger partial charge in [-0.2, -0.15) is 9.97 Å². The van der Waals surface area contributed by atoms with Gasteiger partial charge in [0.05, 0.1) is 18.6 Å². The SMILES string of the molecule is O=P(O)(O)CP(=O)(O)CCC1OC(n2cnc3c(Nc4cnccn4)nc(Cl)nc32)C(O)C1O. The summed E-state index contributed by atoms with van der Waals surface area (Å²) in [5.41, 5.74) is 0.419. The van der Waals surface area contributed by atoms with Gasteiger partial charge in [-0.1, -0.05) is 0 Å². The van der Waals surface area contributed by atoms with Gasteiger partial charge in [0.25, 0.3) is 0 Å². The molecule has 0 spiro atoms. The van der Waals surface area contributed by atoms with E-state index in [1.807, 2.05) is 0 Å². The second-order valence-corrected chi connectivity index (χ2v) is 12.5. The fourth-order valence-electron chi connectivity index (χ4n) is 3.53. The minimum absolute atomic E-state index is 0.149. The molecular weight excluding hydrogens is 516 g/mol. The predicted octanol–water partition coefficient (Wildman–Crippen LogP) is 0.428. The van der Waals surface area contributed by atoms with Crippen molar-refractivity contribution in [2.24, 2.45) is 0 Å². The molecule has 0 amide bonds. The number of ether oxygens (including phenoxy) is 1. The third-order valence-corrected chi connectivity index (χ3v) is 9.35. The normalized spacial score (nSPS) is 24.9. The Morgan fingerprint density at radius 2 is 1.88 bits per heavy atom. The van der Waals surface area contributed by atoms with Crippen molar-refractivity contribution in [1.29, 1.82) is 0 Å². The fourth-order valence-corrected chi connectivity index (χ4v) is 7.22. The molecule has 0 bridgehead atoms. The molecule has 1 fully saturated rings. The summed E-state index contributed by atoms with van der Waals surface area (Å²) in [6, 6.07) is 0. The van der Waals surface area contributed by atoms with Crippen LogP contribution in [0.15, 0.2) is 24.9 Å². The van der Waals surface area contributed by atoms with E-state index in [1.54, 1.807) is 0 Å². The Kier molecular flexibility index (Phi) is 7.02. The number of nitrogens with zero attached hydrogens (tertiary/aromatic N) is 6. The molecule has 15 nitrogen and oxygen atoms in total. The second-order valence-electron chi connectivity index (χ2n) is 7.59. The summed E-state index contributed by atoms with van der Waals surface area (Å²) in [6.45, 7) is 0. The lowest BCUT2D eigenvalue weighted by molar-refractivity contribution is -0.0354. The van der Waals surface area contributed by atoms with E-state index in [0.29, 0.717) is 5.82 Å². The highest BCUT2D eigenvalue weighted by molar-refractivity contribution is 7.72. The Bertz CT molecular complexity index is 1270. The second kappa shape index (κ2) is 9.53. The molecule has 4 heterocycles. The van der Waals surface area contributed by atoms with Crippen molar-refractivity contribution in [2.45, 2.75) is 31.0 Å². The van der Waals surface area contributed by atoms with Crippen LogP contribution in [0, 0.1) is 0 Å². The number of fused-ring (bicyclic) bond motifs is 1. The van der Waals surface area contributed by atoms with Crippen molar-refractivity contribution in [2.75, 3.05) is 17.4 Å². The molecule has 0 aromatic carbocycles. The summed E-state index contributed by atoms with van der Waals surface area (Å²) in [7, 11) is -8.90. The lowest BCUT2D eigenvalue weighted by atomic mass is 10.1. The molecule has 1 saturated heterocycles. The topological polar surface area (TPSA) is 226 Å². The maximum absolute atomic E-state index is 12.1. The van der Waals surface area contributed by atoms with Crippen LogP contribution in [-0.2, 0) is 13.9 Å². The highest BCUT2D eigenvalue weighted by Gasteiger charge is 2.45. The van der Waals surface area contributed by atoms with E-state index >= 15 is 0 Å². The number of aliphatic hydroxyl groups excluding tert-OH is 2. The van der Waals surface area contributed by atoms with E-state index in [-0.39, 0.29) is 28.7 Å². The summed E-state index contributed by atoms with van der Waals surface area (Å²) >= 11 is 6.06. The minimum atomic E-state index is -4.71. The minimum Gasteiger partial charge on any atom is -0.388 e. The van der Waals surface area contributed by atoms with Crippen molar-refractivity contribution in [1.82, 2.24) is 29.5 Å². The first-order valence-electron chi connectivity index (χ1n) is 9.74. The van der Waals surface area contributed by atoms with Crippen molar-refractivity contribution in [3.05, 3.63) is 30.2 Å². The number of rotatable bonds is 8. The quantitative estimate of drug-likeness (QED) is 0.170. The zero-order valence-corrected chi connectivity index (χ0v) is 19.7. The van der Waals surface area contributed by atoms with E-state index in [4.69, 9.17) is 26.1 Å². The number of imidazole rings is 1. The van der Waals surface area contributed by atoms with Crippen LogP contribution in [-0.4, -0.2) is 84.8 Å². The lowest BCUT2D eigenvalue weighted by Gasteiger charge is -2.18. The fraction of sp³-hybridized carbons (Fsp3) is 0.438. The third-order valence-electron chi connectivity index (χ3n) is 4.98. The Hall–Kier alpha value is -2.06. The molecule has 3 aromatic rings. The van der Waals surface area contributed by atoms with Gasteiger partial charge < -0.3 is 34.9 Å². The molecule has 18 heteroatoms. The van der Waals surface area contributed by atoms with E-state index in [0.717, 1.165) is 0 Å². The van der Waals surface area contributed by atoms with Gasteiger partial charge in [0.1, 0.15) is 23.9 Å². The molecule has 6 N–H and O–H groups in total. The Balaban J connectivity index is 1.56. The van der Waals surface area contributed by atoms with Crippen LogP contribution in [0.4, 0.5) is 11.6 Å². The molecule has 4 rings (SSSR count). The number of anilines is 2. The maximum Gasteiger partial charge on any atom is 0.335 e. The van der Waals surface area contributed by atoms with Gasteiger partial charge in [-0.15, -0.1) is 0 Å². The largest absolute Gasteiger partial charge is 0.388 e. The Morgan fingerprint density at radius 3 is 2.56 bits per heavy atom. The highest BCUT2D eigenvalue weighted by atomic mass is 35.5. The van der Waals surface area contributed by atoms with Crippen molar-refractivity contribution < 1.29 is 38.8 Å². The van der Waals surface area contributed by atoms with Crippen molar-refractivity contribution >= 4 is 49.4 Å². The van der Waals surface area contributed by atoms with Crippen molar-refractivity contribution in [3.63, 3.8) is 0 Å². The van der Waals surface area contributed by atoms with Gasteiger partial charge in [-0.3, -0.25) is 18.7 Å². The summed E-state index contributed by atoms with van der Waals surface area (Å²) in [5, 5.41) is 23.7. The van der Waals surface area contributed by atoms with Crippen LogP contribution in [0.3, 0.4) is 0 Å². The van der Waals surface area contributed by atoms with Crippen molar-refractivity contribution in [3.8, 4) is 0 Å². The molecular formula is C16H20ClN7O8P2. The standard InChI is InChI=1S/C16H20ClN7O8P2/c17-16-22-13(21-9-5-18-2-3-19-9)10-14(23-16)24(6-20-10)15-12(26)11(25)8(32-15)1-4-33(27,28)7-34(29,30)31/h2-3,5-6,8,11-12,15,25-26H,1,4,7H2,(H,27,28)(H2,29,30,31)(H,19,21,22,23).